The molecule has 1 aliphatic heterocycles. The van der Waals surface area contributed by atoms with E-state index < -0.39 is 17.8 Å². The molecule has 0 aliphatic carbocycles. The summed E-state index contributed by atoms with van der Waals surface area (Å²) in [6.45, 7) is 6.52. The van der Waals surface area contributed by atoms with Crippen LogP contribution in [0, 0.1) is 0 Å². The lowest BCUT2D eigenvalue weighted by molar-refractivity contribution is -0.175. The Hall–Kier alpha value is -2.87. The number of anilines is 1. The number of nitrogens with zero attached hydrogens (tertiary/aromatic N) is 2. The van der Waals surface area contributed by atoms with Gasteiger partial charge < -0.3 is 24.5 Å². The number of nitrogens with one attached hydrogen (secondary N) is 1. The van der Waals surface area contributed by atoms with Crippen LogP contribution in [-0.2, 0) is 21.4 Å². The summed E-state index contributed by atoms with van der Waals surface area (Å²) in [6, 6.07) is 8.93. The van der Waals surface area contributed by atoms with Crippen molar-refractivity contribution in [2.45, 2.75) is 44.8 Å². The third-order valence-electron chi connectivity index (χ3n) is 4.48. The van der Waals surface area contributed by atoms with E-state index in [1.807, 2.05) is 26.8 Å². The zero-order valence-electron chi connectivity index (χ0n) is 16.3. The molecule has 0 unspecified atom stereocenters. The van der Waals surface area contributed by atoms with Crippen LogP contribution in [0.4, 0.5) is 10.5 Å². The maximum Gasteiger partial charge on any atom is 0.410 e. The molecule has 1 aromatic heterocycles. The van der Waals surface area contributed by atoms with Crippen molar-refractivity contribution < 1.29 is 23.8 Å². The predicted octanol–water partition coefficient (Wildman–Crippen LogP) is 2.37. The second-order valence-corrected chi connectivity index (χ2v) is 7.76. The lowest BCUT2D eigenvalue weighted by atomic mass is 9.94. The third kappa shape index (κ3) is 4.33. The van der Waals surface area contributed by atoms with Gasteiger partial charge in [-0.1, -0.05) is 39.0 Å². The van der Waals surface area contributed by atoms with Gasteiger partial charge in [0, 0.05) is 37.0 Å². The summed E-state index contributed by atoms with van der Waals surface area (Å²) < 4.78 is 10.7. The topological polar surface area (TPSA) is 105 Å². The molecule has 8 heteroatoms. The van der Waals surface area contributed by atoms with Crippen LogP contribution in [0.25, 0.3) is 0 Å². The molecular weight excluding hydrogens is 362 g/mol. The summed E-state index contributed by atoms with van der Waals surface area (Å²) in [5.41, 5.74) is 0.500. The van der Waals surface area contributed by atoms with Gasteiger partial charge in [0.05, 0.1) is 6.20 Å². The van der Waals surface area contributed by atoms with E-state index in [1.165, 1.54) is 4.90 Å². The molecule has 1 aliphatic rings. The smallest absolute Gasteiger partial charge is 0.410 e. The van der Waals surface area contributed by atoms with E-state index in [-0.39, 0.29) is 24.9 Å². The number of aromatic nitrogens is 1. The van der Waals surface area contributed by atoms with Crippen LogP contribution in [0.15, 0.2) is 40.9 Å². The van der Waals surface area contributed by atoms with Crippen molar-refractivity contribution in [3.63, 3.8) is 0 Å². The van der Waals surface area contributed by atoms with Gasteiger partial charge >= 0.3 is 6.09 Å². The maximum absolute atomic E-state index is 12.5. The lowest BCUT2D eigenvalue weighted by Crippen LogP contribution is -2.46. The van der Waals surface area contributed by atoms with E-state index in [0.717, 1.165) is 5.76 Å². The van der Waals surface area contributed by atoms with E-state index in [1.54, 1.807) is 30.5 Å². The summed E-state index contributed by atoms with van der Waals surface area (Å²) in [5, 5.41) is 13.0. The Balaban J connectivity index is 1.51. The number of rotatable bonds is 5. The molecule has 2 aromatic rings. The minimum Gasteiger partial charge on any atom is -0.445 e. The number of para-hydroxylation sites is 1. The Kier molecular flexibility index (Phi) is 5.42. The molecule has 2 amide bonds. The fourth-order valence-corrected chi connectivity index (χ4v) is 2.87. The first kappa shape index (κ1) is 19.9. The molecule has 2 heterocycles. The largest absolute Gasteiger partial charge is 0.445 e. The highest BCUT2D eigenvalue weighted by Crippen LogP contribution is 2.29. The number of carbonyl (C=O) groups is 2. The van der Waals surface area contributed by atoms with Crippen molar-refractivity contribution in [3.05, 3.63) is 48.2 Å². The fraction of sp³-hybridized carbons (Fsp3) is 0.450. The number of hydrogen-bond donors (Lipinski definition) is 2. The number of carbonyl (C=O) groups excluding carboxylic acids is 2. The minimum absolute atomic E-state index is 0.00281. The molecule has 8 nitrogen and oxygen atoms in total. The van der Waals surface area contributed by atoms with Gasteiger partial charge in [-0.15, -0.1) is 0 Å². The molecule has 0 bridgehead atoms. The first-order valence-electron chi connectivity index (χ1n) is 9.20. The number of aliphatic hydroxyl groups is 1. The fourth-order valence-electron chi connectivity index (χ4n) is 2.87. The minimum atomic E-state index is -2.16. The standard InChI is InChI=1S/C20H25N3O5/c1-19(2,3)15-13-22-16(27-15)9-11-21-18(25)28-20(26)10-12-23(17(20)24)14-7-5-4-6-8-14/h4-8,13,26H,9-12H2,1-3H3,(H,21,25)/t20-/m0/s1. The van der Waals surface area contributed by atoms with Gasteiger partial charge in [-0.2, -0.15) is 0 Å². The van der Waals surface area contributed by atoms with Gasteiger partial charge in [-0.05, 0) is 12.1 Å². The molecule has 28 heavy (non-hydrogen) atoms. The molecule has 0 saturated carbocycles. The molecule has 0 spiro atoms. The molecular formula is C20H25N3O5. The first-order chi connectivity index (χ1) is 13.2. The highest BCUT2D eigenvalue weighted by atomic mass is 16.7. The van der Waals surface area contributed by atoms with Crippen LogP contribution >= 0.6 is 0 Å². The summed E-state index contributed by atoms with van der Waals surface area (Å²) in [7, 11) is 0. The van der Waals surface area contributed by atoms with Crippen molar-refractivity contribution in [1.29, 1.82) is 0 Å². The molecule has 0 radical (unpaired) electrons. The van der Waals surface area contributed by atoms with Crippen LogP contribution in [0.5, 0.6) is 0 Å². The Morgan fingerprint density at radius 2 is 2.07 bits per heavy atom. The second-order valence-electron chi connectivity index (χ2n) is 7.76. The number of hydrogen-bond acceptors (Lipinski definition) is 6. The van der Waals surface area contributed by atoms with E-state index in [4.69, 9.17) is 9.15 Å². The van der Waals surface area contributed by atoms with Crippen LogP contribution in [0.3, 0.4) is 0 Å². The van der Waals surface area contributed by atoms with Gasteiger partial charge in [-0.3, -0.25) is 4.79 Å². The molecule has 150 valence electrons. The average molecular weight is 387 g/mol. The van der Waals surface area contributed by atoms with Gasteiger partial charge in [0.25, 0.3) is 11.7 Å². The van der Waals surface area contributed by atoms with E-state index in [9.17, 15) is 14.7 Å². The van der Waals surface area contributed by atoms with Gasteiger partial charge in [0.2, 0.25) is 0 Å². The Morgan fingerprint density at radius 1 is 1.36 bits per heavy atom. The molecule has 2 N–H and O–H groups in total. The highest BCUT2D eigenvalue weighted by Gasteiger charge is 2.49. The third-order valence-corrected chi connectivity index (χ3v) is 4.48. The summed E-state index contributed by atoms with van der Waals surface area (Å²) in [5.74, 6) is -1.56. The Morgan fingerprint density at radius 3 is 2.71 bits per heavy atom. The van der Waals surface area contributed by atoms with Crippen LogP contribution in [0.1, 0.15) is 38.8 Å². The monoisotopic (exact) mass is 387 g/mol. The zero-order valence-corrected chi connectivity index (χ0v) is 16.3. The summed E-state index contributed by atoms with van der Waals surface area (Å²) >= 11 is 0. The van der Waals surface area contributed by atoms with E-state index in [2.05, 4.69) is 10.3 Å². The van der Waals surface area contributed by atoms with Gasteiger partial charge in [0.1, 0.15) is 5.76 Å². The highest BCUT2D eigenvalue weighted by molar-refractivity contribution is 6.01. The SMILES string of the molecule is CC(C)(C)c1cnc(CCNC(=O)O[C@@]2(O)CCN(c3ccccc3)C2=O)o1. The number of alkyl carbamates (subject to hydrolysis) is 1. The predicted molar refractivity (Wildman–Crippen MR) is 102 cm³/mol. The quantitative estimate of drug-likeness (QED) is 0.763. The zero-order chi connectivity index (χ0) is 20.4. The number of amides is 2. The second kappa shape index (κ2) is 7.63. The molecule has 1 fully saturated rings. The molecule has 1 atom stereocenters. The summed E-state index contributed by atoms with van der Waals surface area (Å²) in [6.07, 6.45) is 1.18. The van der Waals surface area contributed by atoms with Gasteiger partial charge in [0.15, 0.2) is 5.89 Å². The Labute approximate surface area is 163 Å². The van der Waals surface area contributed by atoms with Crippen molar-refractivity contribution in [2.24, 2.45) is 0 Å². The number of oxazole rings is 1. The van der Waals surface area contributed by atoms with E-state index >= 15 is 0 Å². The average Bonchev–Trinajstić information content (AvgIpc) is 3.22. The van der Waals surface area contributed by atoms with Crippen LogP contribution < -0.4 is 10.2 Å². The van der Waals surface area contributed by atoms with Crippen molar-refractivity contribution in [2.75, 3.05) is 18.0 Å². The van der Waals surface area contributed by atoms with E-state index in [0.29, 0.717) is 18.0 Å². The first-order valence-corrected chi connectivity index (χ1v) is 9.20. The van der Waals surface area contributed by atoms with Crippen molar-refractivity contribution >= 4 is 17.7 Å². The molecule has 3 rings (SSSR count). The molecule has 1 saturated heterocycles. The number of ether oxygens (including phenoxy) is 1. The Bertz CT molecular complexity index is 843. The summed E-state index contributed by atoms with van der Waals surface area (Å²) in [4.78, 5) is 30.1. The molecule has 1 aromatic carbocycles. The lowest BCUT2D eigenvalue weighted by Gasteiger charge is -2.22. The number of benzene rings is 1. The van der Waals surface area contributed by atoms with Crippen molar-refractivity contribution in [1.82, 2.24) is 10.3 Å². The van der Waals surface area contributed by atoms with Crippen LogP contribution in [0.2, 0.25) is 0 Å². The van der Waals surface area contributed by atoms with Crippen molar-refractivity contribution in [3.8, 4) is 0 Å². The normalized spacial score (nSPS) is 19.7. The maximum atomic E-state index is 12.5. The van der Waals surface area contributed by atoms with Gasteiger partial charge in [-0.25, -0.2) is 9.78 Å². The van der Waals surface area contributed by atoms with Crippen LogP contribution in [-0.4, -0.2) is 41.0 Å².